The van der Waals surface area contributed by atoms with E-state index in [1.54, 1.807) is 49.4 Å². The van der Waals surface area contributed by atoms with Crippen LogP contribution >= 0.6 is 0 Å². The van der Waals surface area contributed by atoms with E-state index < -0.39 is 12.1 Å². The van der Waals surface area contributed by atoms with Gasteiger partial charge in [-0.3, -0.25) is 4.79 Å². The van der Waals surface area contributed by atoms with Crippen molar-refractivity contribution < 1.29 is 23.8 Å². The Labute approximate surface area is 127 Å². The van der Waals surface area contributed by atoms with Gasteiger partial charge in [-0.05, 0) is 49.8 Å². The number of carboxylic acid groups (broad SMARTS) is 1. The number of allylic oxidation sites excluding steroid dienone is 1. The van der Waals surface area contributed by atoms with Crippen molar-refractivity contribution in [3.8, 4) is 5.75 Å². The first-order valence-electron chi connectivity index (χ1n) is 6.74. The summed E-state index contributed by atoms with van der Waals surface area (Å²) in [5.74, 6) is 0.108. The quantitative estimate of drug-likeness (QED) is 0.654. The summed E-state index contributed by atoms with van der Waals surface area (Å²) in [5.41, 5.74) is 0.728. The number of furan rings is 1. The number of carbonyl (C=O) groups excluding carboxylic acids is 1. The lowest BCUT2D eigenvalue weighted by molar-refractivity contribution is -0.144. The van der Waals surface area contributed by atoms with E-state index in [1.807, 2.05) is 0 Å². The highest BCUT2D eigenvalue weighted by Crippen LogP contribution is 2.17. The maximum absolute atomic E-state index is 11.9. The van der Waals surface area contributed by atoms with Gasteiger partial charge in [0.15, 0.2) is 11.9 Å². The third kappa shape index (κ3) is 4.09. The summed E-state index contributed by atoms with van der Waals surface area (Å²) < 4.78 is 10.5. The third-order valence-electron chi connectivity index (χ3n) is 2.93. The zero-order valence-electron chi connectivity index (χ0n) is 12.3. The molecule has 1 atom stereocenters. The number of hydrogen-bond donors (Lipinski definition) is 1. The molecule has 5 nitrogen and oxygen atoms in total. The Balaban J connectivity index is 2.08. The molecule has 114 valence electrons. The van der Waals surface area contributed by atoms with Crippen LogP contribution in [0.3, 0.4) is 0 Å². The fourth-order valence-corrected chi connectivity index (χ4v) is 1.77. The van der Waals surface area contributed by atoms with Crippen molar-refractivity contribution >= 4 is 17.8 Å². The van der Waals surface area contributed by atoms with Crippen LogP contribution in [0.25, 0.3) is 6.08 Å². The number of hydrogen-bond acceptors (Lipinski definition) is 4. The Morgan fingerprint density at radius 2 is 2.05 bits per heavy atom. The Morgan fingerprint density at radius 1 is 1.27 bits per heavy atom. The number of aliphatic carboxylic acids is 1. The zero-order valence-corrected chi connectivity index (χ0v) is 12.3. The maximum atomic E-state index is 11.9. The van der Waals surface area contributed by atoms with Gasteiger partial charge in [-0.15, -0.1) is 0 Å². The molecule has 0 aliphatic rings. The van der Waals surface area contributed by atoms with Crippen molar-refractivity contribution in [3.63, 3.8) is 0 Å². The Bertz CT molecular complexity index is 711. The molecule has 0 spiro atoms. The zero-order chi connectivity index (χ0) is 16.1. The van der Waals surface area contributed by atoms with Crippen molar-refractivity contribution in [2.24, 2.45) is 0 Å². The van der Waals surface area contributed by atoms with E-state index in [1.165, 1.54) is 13.0 Å². The van der Waals surface area contributed by atoms with Crippen LogP contribution in [-0.2, 0) is 4.79 Å². The van der Waals surface area contributed by atoms with E-state index in [4.69, 9.17) is 14.3 Å². The molecule has 1 N–H and O–H groups in total. The van der Waals surface area contributed by atoms with Crippen molar-refractivity contribution in [2.45, 2.75) is 20.0 Å². The predicted octanol–water partition coefficient (Wildman–Crippen LogP) is 3.34. The summed E-state index contributed by atoms with van der Waals surface area (Å²) in [6.07, 6.45) is 2.09. The molecule has 5 heteroatoms. The van der Waals surface area contributed by atoms with Crippen LogP contribution in [0.2, 0.25) is 0 Å². The van der Waals surface area contributed by atoms with Crippen molar-refractivity contribution in [1.29, 1.82) is 0 Å². The monoisotopic (exact) mass is 300 g/mol. The number of rotatable bonds is 6. The van der Waals surface area contributed by atoms with Crippen LogP contribution < -0.4 is 4.74 Å². The molecule has 0 amide bonds. The van der Waals surface area contributed by atoms with Gasteiger partial charge in [0, 0.05) is 0 Å². The fourth-order valence-electron chi connectivity index (χ4n) is 1.77. The molecule has 0 saturated heterocycles. The normalized spacial score (nSPS) is 12.3. The van der Waals surface area contributed by atoms with Gasteiger partial charge in [0.2, 0.25) is 5.78 Å². The van der Waals surface area contributed by atoms with E-state index in [9.17, 15) is 9.59 Å². The molecule has 1 aromatic heterocycles. The van der Waals surface area contributed by atoms with Crippen LogP contribution in [0.15, 0.2) is 46.9 Å². The van der Waals surface area contributed by atoms with Crippen LogP contribution in [0.4, 0.5) is 0 Å². The molecule has 0 aliphatic heterocycles. The molecule has 2 rings (SSSR count). The molecule has 0 aliphatic carbocycles. The minimum atomic E-state index is -1.04. The van der Waals surface area contributed by atoms with Gasteiger partial charge in [0.05, 0.1) is 0 Å². The highest BCUT2D eigenvalue weighted by Gasteiger charge is 2.12. The highest BCUT2D eigenvalue weighted by molar-refractivity contribution is 6.04. The molecule has 0 radical (unpaired) electrons. The van der Waals surface area contributed by atoms with Crippen LogP contribution in [-0.4, -0.2) is 23.0 Å². The predicted molar refractivity (Wildman–Crippen MR) is 81.0 cm³/mol. The highest BCUT2D eigenvalue weighted by atomic mass is 16.5. The first-order valence-corrected chi connectivity index (χ1v) is 6.74. The number of ether oxygens (including phenoxy) is 1. The minimum Gasteiger partial charge on any atom is -0.479 e. The van der Waals surface area contributed by atoms with Crippen molar-refractivity contribution in [1.82, 2.24) is 0 Å². The van der Waals surface area contributed by atoms with E-state index in [-0.39, 0.29) is 11.5 Å². The smallest absolute Gasteiger partial charge is 0.344 e. The van der Waals surface area contributed by atoms with Gasteiger partial charge in [-0.1, -0.05) is 18.2 Å². The van der Waals surface area contributed by atoms with Gasteiger partial charge in [0.1, 0.15) is 11.5 Å². The van der Waals surface area contributed by atoms with Gasteiger partial charge in [-0.25, -0.2) is 4.79 Å². The topological polar surface area (TPSA) is 76.7 Å². The average Bonchev–Trinajstić information content (AvgIpc) is 2.91. The second-order valence-electron chi connectivity index (χ2n) is 4.78. The van der Waals surface area contributed by atoms with Crippen molar-refractivity contribution in [2.75, 3.05) is 0 Å². The molecule has 1 heterocycles. The summed E-state index contributed by atoms with van der Waals surface area (Å²) in [7, 11) is 0. The molecular weight excluding hydrogens is 284 g/mol. The van der Waals surface area contributed by atoms with E-state index in [2.05, 4.69) is 0 Å². The summed E-state index contributed by atoms with van der Waals surface area (Å²) >= 11 is 0. The largest absolute Gasteiger partial charge is 0.479 e. The van der Waals surface area contributed by atoms with E-state index in [0.29, 0.717) is 11.5 Å². The lowest BCUT2D eigenvalue weighted by Gasteiger charge is -2.10. The van der Waals surface area contributed by atoms with E-state index >= 15 is 0 Å². The van der Waals surface area contributed by atoms with E-state index in [0.717, 1.165) is 5.56 Å². The molecular formula is C17H16O5. The van der Waals surface area contributed by atoms with Gasteiger partial charge >= 0.3 is 5.97 Å². The van der Waals surface area contributed by atoms with Gasteiger partial charge < -0.3 is 14.3 Å². The first kappa shape index (κ1) is 15.6. The Kier molecular flexibility index (Phi) is 4.78. The lowest BCUT2D eigenvalue weighted by atomic mass is 10.1. The molecule has 1 aromatic carbocycles. The SMILES string of the molecule is Cc1ccc(C(=O)/C=C/c2cccc(O[C@@H](C)C(=O)O)c2)o1. The average molecular weight is 300 g/mol. The first-order chi connectivity index (χ1) is 10.5. The van der Waals surface area contributed by atoms with Crippen molar-refractivity contribution in [3.05, 3.63) is 59.6 Å². The van der Waals surface area contributed by atoms with Gasteiger partial charge in [-0.2, -0.15) is 0 Å². The number of aryl methyl sites for hydroxylation is 1. The summed E-state index contributed by atoms with van der Waals surface area (Å²) in [4.78, 5) is 22.7. The fraction of sp³-hybridized carbons (Fsp3) is 0.176. The molecule has 0 bridgehead atoms. The third-order valence-corrected chi connectivity index (χ3v) is 2.93. The Morgan fingerprint density at radius 3 is 2.68 bits per heavy atom. The maximum Gasteiger partial charge on any atom is 0.344 e. The number of ketones is 1. The molecule has 0 saturated carbocycles. The number of carboxylic acids is 1. The molecule has 22 heavy (non-hydrogen) atoms. The minimum absolute atomic E-state index is 0.238. The molecule has 0 fully saturated rings. The van der Waals surface area contributed by atoms with Crippen LogP contribution in [0.5, 0.6) is 5.75 Å². The summed E-state index contributed by atoms with van der Waals surface area (Å²) in [5, 5.41) is 8.82. The number of carbonyl (C=O) groups is 2. The molecule has 0 unspecified atom stereocenters. The lowest BCUT2D eigenvalue weighted by Crippen LogP contribution is -2.22. The second-order valence-corrected chi connectivity index (χ2v) is 4.78. The van der Waals surface area contributed by atoms with Crippen LogP contribution in [0.1, 0.15) is 28.8 Å². The summed E-state index contributed by atoms with van der Waals surface area (Å²) in [6.45, 7) is 3.22. The second kappa shape index (κ2) is 6.76. The summed E-state index contributed by atoms with van der Waals surface area (Å²) in [6, 6.07) is 10.2. The Hall–Kier alpha value is -2.82. The molecule has 2 aromatic rings. The van der Waals surface area contributed by atoms with Gasteiger partial charge in [0.25, 0.3) is 0 Å². The van der Waals surface area contributed by atoms with Crippen LogP contribution in [0, 0.1) is 6.92 Å². The standard InChI is InChI=1S/C17H16O5/c1-11-6-9-16(21-11)15(18)8-7-13-4-3-5-14(10-13)22-12(2)17(19)20/h3-10,12H,1-2H3,(H,19,20)/b8-7+/t12-/m0/s1. The number of benzene rings is 1.